The average molecular weight is 354 g/mol. The van der Waals surface area contributed by atoms with Crippen LogP contribution in [0.4, 0.5) is 10.1 Å². The molecule has 0 radical (unpaired) electrons. The number of nitrogens with one attached hydrogen (secondary N) is 1. The molecule has 1 aliphatic heterocycles. The second-order valence-electron chi connectivity index (χ2n) is 7.04. The summed E-state index contributed by atoms with van der Waals surface area (Å²) in [5.41, 5.74) is 4.76. The van der Waals surface area contributed by atoms with E-state index < -0.39 is 0 Å². The lowest BCUT2D eigenvalue weighted by Gasteiger charge is -2.27. The van der Waals surface area contributed by atoms with Crippen LogP contribution in [-0.4, -0.2) is 34.7 Å². The fourth-order valence-electron chi connectivity index (χ4n) is 3.77. The molecule has 3 aromatic rings. The van der Waals surface area contributed by atoms with Crippen molar-refractivity contribution in [2.75, 3.05) is 18.6 Å². The topological polar surface area (TPSA) is 54.0 Å². The van der Waals surface area contributed by atoms with Crippen LogP contribution < -0.4 is 4.90 Å². The van der Waals surface area contributed by atoms with Gasteiger partial charge in [-0.15, -0.1) is 0 Å². The maximum atomic E-state index is 13.9. The van der Waals surface area contributed by atoms with E-state index in [4.69, 9.17) is 9.72 Å². The van der Waals surface area contributed by atoms with Crippen molar-refractivity contribution >= 4 is 16.6 Å². The molecule has 136 valence electrons. The Balaban J connectivity index is 1.86. The Kier molecular flexibility index (Phi) is 4.15. The maximum absolute atomic E-state index is 13.9. The third-order valence-electron chi connectivity index (χ3n) is 5.24. The van der Waals surface area contributed by atoms with Gasteiger partial charge in [-0.3, -0.25) is 4.98 Å². The fraction of sp³-hybridized carbons (Fsp3) is 0.400. The molecule has 5 nitrogen and oxygen atoms in total. The summed E-state index contributed by atoms with van der Waals surface area (Å²) < 4.78 is 19.6. The van der Waals surface area contributed by atoms with Gasteiger partial charge < -0.3 is 14.6 Å². The lowest BCUT2D eigenvalue weighted by molar-refractivity contribution is 0.118. The molecule has 0 unspecified atom stereocenters. The number of aryl methyl sites for hydroxylation is 3. The monoisotopic (exact) mass is 354 g/mol. The molecule has 1 fully saturated rings. The highest BCUT2D eigenvalue weighted by atomic mass is 19.1. The number of fused-ring (bicyclic) bond motifs is 1. The largest absolute Gasteiger partial charge is 0.380 e. The van der Waals surface area contributed by atoms with E-state index in [2.05, 4.69) is 14.9 Å². The quantitative estimate of drug-likeness (QED) is 0.773. The van der Waals surface area contributed by atoms with Gasteiger partial charge in [0, 0.05) is 42.5 Å². The highest BCUT2D eigenvalue weighted by Crippen LogP contribution is 2.39. The van der Waals surface area contributed by atoms with Gasteiger partial charge >= 0.3 is 0 Å². The summed E-state index contributed by atoms with van der Waals surface area (Å²) in [4.78, 5) is 14.9. The average Bonchev–Trinajstić information content (AvgIpc) is 3.18. The minimum Gasteiger partial charge on any atom is -0.380 e. The first-order valence-corrected chi connectivity index (χ1v) is 8.85. The standard InChI is InChI=1S/C20H23FN4O/c1-11-7-18(16-8-14(21)5-6-17(16)22-11)25-10-15(26-4)9-19(25)20-23-12(2)13(3)24-20/h5-8,15,19H,9-10H2,1-4H3,(H,23,24)/t15-,19+/m1/s1. The molecular formula is C20H23FN4O. The van der Waals surface area contributed by atoms with Crippen molar-refractivity contribution in [2.45, 2.75) is 39.3 Å². The summed E-state index contributed by atoms with van der Waals surface area (Å²) in [7, 11) is 1.74. The zero-order chi connectivity index (χ0) is 18.4. The number of pyridine rings is 1. The molecule has 1 aliphatic rings. The van der Waals surface area contributed by atoms with Gasteiger partial charge in [-0.2, -0.15) is 0 Å². The number of benzene rings is 1. The summed E-state index contributed by atoms with van der Waals surface area (Å²) in [5, 5.41) is 0.817. The molecule has 0 saturated carbocycles. The van der Waals surface area contributed by atoms with Gasteiger partial charge in [0.1, 0.15) is 11.6 Å². The molecule has 1 saturated heterocycles. The summed E-state index contributed by atoms with van der Waals surface area (Å²) >= 11 is 0. The van der Waals surface area contributed by atoms with E-state index in [0.29, 0.717) is 0 Å². The van der Waals surface area contributed by atoms with Crippen LogP contribution in [0.3, 0.4) is 0 Å². The molecule has 0 spiro atoms. The predicted molar refractivity (Wildman–Crippen MR) is 100 cm³/mol. The summed E-state index contributed by atoms with van der Waals surface area (Å²) in [6.45, 7) is 6.73. The van der Waals surface area contributed by atoms with Crippen molar-refractivity contribution in [1.82, 2.24) is 15.0 Å². The summed E-state index contributed by atoms with van der Waals surface area (Å²) in [5.74, 6) is 0.673. The number of aromatic amines is 1. The van der Waals surface area contributed by atoms with Crippen LogP contribution in [0.5, 0.6) is 0 Å². The molecule has 4 rings (SSSR count). The zero-order valence-corrected chi connectivity index (χ0v) is 15.5. The van der Waals surface area contributed by atoms with Crippen LogP contribution in [0.15, 0.2) is 24.3 Å². The zero-order valence-electron chi connectivity index (χ0n) is 15.5. The molecule has 1 N–H and O–H groups in total. The van der Waals surface area contributed by atoms with Crippen LogP contribution >= 0.6 is 0 Å². The number of H-pyrrole nitrogens is 1. The first-order chi connectivity index (χ1) is 12.5. The minimum absolute atomic E-state index is 0.0561. The molecular weight excluding hydrogens is 331 g/mol. The molecule has 6 heteroatoms. The number of nitrogens with zero attached hydrogens (tertiary/aromatic N) is 3. The Bertz CT molecular complexity index is 948. The van der Waals surface area contributed by atoms with Crippen molar-refractivity contribution in [3.05, 3.63) is 53.0 Å². The Morgan fingerprint density at radius 3 is 2.69 bits per heavy atom. The van der Waals surface area contributed by atoms with E-state index in [1.165, 1.54) is 6.07 Å². The Morgan fingerprint density at radius 2 is 2.00 bits per heavy atom. The van der Waals surface area contributed by atoms with Gasteiger partial charge in [0.05, 0.1) is 23.4 Å². The van der Waals surface area contributed by atoms with Gasteiger partial charge in [-0.05, 0) is 45.0 Å². The number of imidazole rings is 1. The first-order valence-electron chi connectivity index (χ1n) is 8.85. The van der Waals surface area contributed by atoms with Gasteiger partial charge in [0.25, 0.3) is 0 Å². The van der Waals surface area contributed by atoms with Crippen LogP contribution in [0.25, 0.3) is 10.9 Å². The number of hydrogen-bond donors (Lipinski definition) is 1. The van der Waals surface area contributed by atoms with Crippen molar-refractivity contribution in [2.24, 2.45) is 0 Å². The fourth-order valence-corrected chi connectivity index (χ4v) is 3.77. The van der Waals surface area contributed by atoms with E-state index in [-0.39, 0.29) is 18.0 Å². The lowest BCUT2D eigenvalue weighted by Crippen LogP contribution is -2.26. The summed E-state index contributed by atoms with van der Waals surface area (Å²) in [6, 6.07) is 6.83. The van der Waals surface area contributed by atoms with Gasteiger partial charge in [-0.1, -0.05) is 0 Å². The molecule has 0 bridgehead atoms. The Hall–Kier alpha value is -2.47. The van der Waals surface area contributed by atoms with Crippen LogP contribution in [0, 0.1) is 26.6 Å². The number of methoxy groups -OCH3 is 1. The summed E-state index contributed by atoms with van der Waals surface area (Å²) in [6.07, 6.45) is 0.934. The number of rotatable bonds is 3. The van der Waals surface area contributed by atoms with Crippen LogP contribution in [0.2, 0.25) is 0 Å². The molecule has 0 aliphatic carbocycles. The Labute approximate surface area is 152 Å². The number of aromatic nitrogens is 3. The van der Waals surface area contributed by atoms with Crippen molar-refractivity contribution < 1.29 is 9.13 Å². The third-order valence-corrected chi connectivity index (χ3v) is 5.24. The van der Waals surface area contributed by atoms with Crippen LogP contribution in [0.1, 0.15) is 35.4 Å². The molecule has 1 aromatic carbocycles. The van der Waals surface area contributed by atoms with Crippen molar-refractivity contribution in [3.8, 4) is 0 Å². The third kappa shape index (κ3) is 2.84. The van der Waals surface area contributed by atoms with Gasteiger partial charge in [0.2, 0.25) is 0 Å². The highest BCUT2D eigenvalue weighted by molar-refractivity contribution is 5.92. The van der Waals surface area contributed by atoms with E-state index in [1.807, 2.05) is 26.8 Å². The molecule has 2 atom stereocenters. The second kappa shape index (κ2) is 6.36. The lowest BCUT2D eigenvalue weighted by atomic mass is 10.1. The minimum atomic E-state index is -0.256. The van der Waals surface area contributed by atoms with E-state index >= 15 is 0 Å². The molecule has 3 heterocycles. The maximum Gasteiger partial charge on any atom is 0.129 e. The molecule has 26 heavy (non-hydrogen) atoms. The Morgan fingerprint density at radius 1 is 1.19 bits per heavy atom. The van der Waals surface area contributed by atoms with E-state index in [1.54, 1.807) is 19.2 Å². The van der Waals surface area contributed by atoms with Crippen molar-refractivity contribution in [1.29, 1.82) is 0 Å². The second-order valence-corrected chi connectivity index (χ2v) is 7.04. The SMILES string of the molecule is CO[C@@H]1C[C@@H](c2nc(C)c(C)[nH]2)N(c2cc(C)nc3ccc(F)cc23)C1. The van der Waals surface area contributed by atoms with Gasteiger partial charge in [0.15, 0.2) is 0 Å². The first kappa shape index (κ1) is 17.0. The smallest absolute Gasteiger partial charge is 0.129 e. The van der Waals surface area contributed by atoms with Crippen LogP contribution in [-0.2, 0) is 4.74 Å². The number of anilines is 1. The number of hydrogen-bond acceptors (Lipinski definition) is 4. The number of ether oxygens (including phenoxy) is 1. The van der Waals surface area contributed by atoms with E-state index in [9.17, 15) is 4.39 Å². The molecule has 0 amide bonds. The molecule has 2 aromatic heterocycles. The predicted octanol–water partition coefficient (Wildman–Crippen LogP) is 3.99. The normalized spacial score (nSPS) is 20.3. The van der Waals surface area contributed by atoms with Crippen molar-refractivity contribution in [3.63, 3.8) is 0 Å². The van der Waals surface area contributed by atoms with E-state index in [0.717, 1.165) is 52.5 Å². The number of halogens is 1. The van der Waals surface area contributed by atoms with Gasteiger partial charge in [-0.25, -0.2) is 9.37 Å². The highest BCUT2D eigenvalue weighted by Gasteiger charge is 2.36.